The minimum atomic E-state index is -0.336. The summed E-state index contributed by atoms with van der Waals surface area (Å²) in [6, 6.07) is 0. The smallest absolute Gasteiger partial charge is 0.269 e. The minimum absolute atomic E-state index is 0.0824. The second-order valence-corrected chi connectivity index (χ2v) is 4.55. The van der Waals surface area contributed by atoms with E-state index in [0.29, 0.717) is 4.96 Å². The summed E-state index contributed by atoms with van der Waals surface area (Å²) < 4.78 is 1.38. The number of fused-ring (bicyclic) bond motifs is 1. The first-order valence-electron chi connectivity index (χ1n) is 4.93. The van der Waals surface area contributed by atoms with Gasteiger partial charge in [0.05, 0.1) is 0 Å². The molecule has 0 aliphatic rings. The van der Waals surface area contributed by atoms with E-state index in [1.165, 1.54) is 28.0 Å². The third-order valence-corrected chi connectivity index (χ3v) is 2.90. The maximum absolute atomic E-state index is 11.9. The molecule has 0 fully saturated rings. The van der Waals surface area contributed by atoms with Gasteiger partial charge < -0.3 is 4.90 Å². The Bertz CT molecular complexity index is 639. The fourth-order valence-corrected chi connectivity index (χ4v) is 1.98. The van der Waals surface area contributed by atoms with E-state index in [-0.39, 0.29) is 16.9 Å². The van der Waals surface area contributed by atoms with Gasteiger partial charge in [-0.2, -0.15) is 0 Å². The van der Waals surface area contributed by atoms with Crippen LogP contribution in [0.15, 0.2) is 34.8 Å². The number of allylic oxidation sites excluding steroid dienone is 1. The number of nitrogens with zero attached hydrogens (tertiary/aromatic N) is 3. The SMILES string of the molecule is CN(C)/C=C/C(=O)c1cnc2sccn2c1=O. The van der Waals surface area contributed by atoms with Gasteiger partial charge in [-0.25, -0.2) is 4.98 Å². The highest BCUT2D eigenvalue weighted by Gasteiger charge is 2.10. The van der Waals surface area contributed by atoms with Crippen LogP contribution in [0.3, 0.4) is 0 Å². The van der Waals surface area contributed by atoms with E-state index in [1.807, 2.05) is 0 Å². The number of carbonyl (C=O) groups is 1. The zero-order valence-corrected chi connectivity index (χ0v) is 10.3. The monoisotopic (exact) mass is 249 g/mol. The number of ketones is 1. The van der Waals surface area contributed by atoms with Gasteiger partial charge >= 0.3 is 0 Å². The predicted molar refractivity (Wildman–Crippen MR) is 66.5 cm³/mol. The van der Waals surface area contributed by atoms with Gasteiger partial charge in [-0.3, -0.25) is 14.0 Å². The Morgan fingerprint density at radius 2 is 2.29 bits per heavy atom. The standard InChI is InChI=1S/C11H11N3O2S/c1-13(2)4-3-9(15)8-7-12-11-14(10(8)16)5-6-17-11/h3-7H,1-2H3/b4-3+. The molecule has 2 aromatic heterocycles. The van der Waals surface area contributed by atoms with Crippen LogP contribution in [0.5, 0.6) is 0 Å². The van der Waals surface area contributed by atoms with E-state index in [1.54, 1.807) is 36.8 Å². The van der Waals surface area contributed by atoms with Gasteiger partial charge in [-0.15, -0.1) is 11.3 Å². The fraction of sp³-hybridized carbons (Fsp3) is 0.182. The Labute approximate surface area is 102 Å². The van der Waals surface area contributed by atoms with Crippen LogP contribution in [0.1, 0.15) is 10.4 Å². The van der Waals surface area contributed by atoms with Crippen molar-refractivity contribution in [3.05, 3.63) is 46.0 Å². The van der Waals surface area contributed by atoms with Crippen LogP contribution < -0.4 is 5.56 Å². The molecule has 17 heavy (non-hydrogen) atoms. The summed E-state index contributed by atoms with van der Waals surface area (Å²) in [6.07, 6.45) is 5.90. The van der Waals surface area contributed by atoms with Gasteiger partial charge in [0.25, 0.3) is 5.56 Å². The van der Waals surface area contributed by atoms with E-state index in [9.17, 15) is 9.59 Å². The van der Waals surface area contributed by atoms with Crippen molar-refractivity contribution >= 4 is 22.1 Å². The lowest BCUT2D eigenvalue weighted by Crippen LogP contribution is -2.20. The van der Waals surface area contributed by atoms with Crippen molar-refractivity contribution in [2.45, 2.75) is 0 Å². The molecule has 0 atom stereocenters. The molecule has 88 valence electrons. The van der Waals surface area contributed by atoms with Crippen LogP contribution in [-0.2, 0) is 0 Å². The third kappa shape index (κ3) is 2.26. The molecule has 0 aliphatic carbocycles. The minimum Gasteiger partial charge on any atom is -0.383 e. The fourth-order valence-electron chi connectivity index (χ4n) is 1.30. The van der Waals surface area contributed by atoms with Gasteiger partial charge in [0.2, 0.25) is 0 Å². The molecule has 0 aromatic carbocycles. The van der Waals surface area contributed by atoms with Crippen LogP contribution in [0.4, 0.5) is 0 Å². The first kappa shape index (κ1) is 11.5. The first-order valence-corrected chi connectivity index (χ1v) is 5.81. The number of rotatable bonds is 3. The summed E-state index contributed by atoms with van der Waals surface area (Å²) in [5.74, 6) is -0.336. The molecule has 2 rings (SSSR count). The van der Waals surface area contributed by atoms with Crippen LogP contribution in [0.25, 0.3) is 4.96 Å². The second kappa shape index (κ2) is 4.50. The molecule has 0 bridgehead atoms. The van der Waals surface area contributed by atoms with Gasteiger partial charge in [-0.05, 0) is 0 Å². The summed E-state index contributed by atoms with van der Waals surface area (Å²) in [7, 11) is 3.61. The van der Waals surface area contributed by atoms with Crippen LogP contribution >= 0.6 is 11.3 Å². The van der Waals surface area contributed by atoms with E-state index in [0.717, 1.165) is 0 Å². The zero-order valence-electron chi connectivity index (χ0n) is 9.45. The van der Waals surface area contributed by atoms with Gasteiger partial charge in [0.15, 0.2) is 10.7 Å². The Kier molecular flexibility index (Phi) is 3.06. The first-order chi connectivity index (χ1) is 8.09. The molecule has 2 aromatic rings. The molecule has 0 aliphatic heterocycles. The maximum Gasteiger partial charge on any atom is 0.269 e. The average molecular weight is 249 g/mol. The van der Waals surface area contributed by atoms with Gasteiger partial charge in [0.1, 0.15) is 5.56 Å². The number of aromatic nitrogens is 2. The zero-order chi connectivity index (χ0) is 12.4. The molecule has 5 nitrogen and oxygen atoms in total. The lowest BCUT2D eigenvalue weighted by molar-refractivity contribution is 0.104. The summed E-state index contributed by atoms with van der Waals surface area (Å²) in [4.78, 5) is 30.1. The topological polar surface area (TPSA) is 54.7 Å². The van der Waals surface area contributed by atoms with E-state index < -0.39 is 0 Å². The van der Waals surface area contributed by atoms with Crippen molar-refractivity contribution in [2.75, 3.05) is 14.1 Å². The summed E-state index contributed by atoms with van der Waals surface area (Å²) in [5, 5.41) is 1.76. The van der Waals surface area contributed by atoms with Crippen molar-refractivity contribution in [1.29, 1.82) is 0 Å². The van der Waals surface area contributed by atoms with Crippen LogP contribution in [-0.4, -0.2) is 34.2 Å². The largest absolute Gasteiger partial charge is 0.383 e. The molecule has 0 unspecified atom stereocenters. The highest BCUT2D eigenvalue weighted by Crippen LogP contribution is 2.06. The molecule has 2 heterocycles. The molecule has 0 saturated heterocycles. The summed E-state index contributed by atoms with van der Waals surface area (Å²) in [6.45, 7) is 0. The molecular weight excluding hydrogens is 238 g/mol. The Balaban J connectivity index is 2.46. The highest BCUT2D eigenvalue weighted by atomic mass is 32.1. The van der Waals surface area contributed by atoms with E-state index in [2.05, 4.69) is 4.98 Å². The summed E-state index contributed by atoms with van der Waals surface area (Å²) in [5.41, 5.74) is -0.247. The van der Waals surface area contributed by atoms with Crippen molar-refractivity contribution in [2.24, 2.45) is 0 Å². The van der Waals surface area contributed by atoms with Crippen molar-refractivity contribution in [3.63, 3.8) is 0 Å². The van der Waals surface area contributed by atoms with E-state index >= 15 is 0 Å². The Morgan fingerprint density at radius 3 is 3.00 bits per heavy atom. The lowest BCUT2D eigenvalue weighted by Gasteiger charge is -2.02. The van der Waals surface area contributed by atoms with Crippen molar-refractivity contribution in [3.8, 4) is 0 Å². The van der Waals surface area contributed by atoms with Gasteiger partial charge in [-0.1, -0.05) is 0 Å². The van der Waals surface area contributed by atoms with Crippen LogP contribution in [0, 0.1) is 0 Å². The highest BCUT2D eigenvalue weighted by molar-refractivity contribution is 7.15. The van der Waals surface area contributed by atoms with Gasteiger partial charge in [0, 0.05) is 44.1 Å². The average Bonchev–Trinajstić information content (AvgIpc) is 2.75. The number of carbonyl (C=O) groups excluding carboxylic acids is 1. The molecule has 0 radical (unpaired) electrons. The van der Waals surface area contributed by atoms with Crippen molar-refractivity contribution < 1.29 is 4.79 Å². The molecule has 0 N–H and O–H groups in total. The normalized spacial score (nSPS) is 11.2. The van der Waals surface area contributed by atoms with Crippen LogP contribution in [0.2, 0.25) is 0 Å². The molecule has 0 spiro atoms. The Morgan fingerprint density at radius 1 is 1.53 bits per heavy atom. The van der Waals surface area contributed by atoms with Crippen molar-refractivity contribution in [1.82, 2.24) is 14.3 Å². The molecule has 0 amide bonds. The second-order valence-electron chi connectivity index (χ2n) is 3.68. The molecule has 0 saturated carbocycles. The quantitative estimate of drug-likeness (QED) is 0.602. The number of hydrogen-bond donors (Lipinski definition) is 0. The third-order valence-electron chi connectivity index (χ3n) is 2.13. The summed E-state index contributed by atoms with van der Waals surface area (Å²) >= 11 is 1.35. The number of thiazole rings is 1. The lowest BCUT2D eigenvalue weighted by atomic mass is 10.2. The predicted octanol–water partition coefficient (Wildman–Crippen LogP) is 1.01. The number of hydrogen-bond acceptors (Lipinski definition) is 5. The molecule has 6 heteroatoms. The van der Waals surface area contributed by atoms with E-state index in [4.69, 9.17) is 0 Å². The Hall–Kier alpha value is -1.95. The molecular formula is C11H11N3O2S. The maximum atomic E-state index is 11.9.